The zero-order valence-electron chi connectivity index (χ0n) is 12.5. The molecule has 2 aliphatic rings. The zero-order valence-corrected chi connectivity index (χ0v) is 12.5. The highest BCUT2D eigenvalue weighted by Crippen LogP contribution is 2.30. The maximum Gasteiger partial charge on any atom is 0.250 e. The van der Waals surface area contributed by atoms with Gasteiger partial charge in [-0.05, 0) is 18.6 Å². The van der Waals surface area contributed by atoms with Crippen LogP contribution in [0.15, 0.2) is 47.3 Å². The van der Waals surface area contributed by atoms with E-state index in [2.05, 4.69) is 6.07 Å². The van der Waals surface area contributed by atoms with Gasteiger partial charge in [-0.3, -0.25) is 4.79 Å². The Hall–Kier alpha value is -1.94. The zero-order chi connectivity index (χ0) is 15.1. The maximum atomic E-state index is 13.9. The molecular weight excluding hydrogens is 279 g/mol. The molecule has 1 aromatic carbocycles. The van der Waals surface area contributed by atoms with Crippen LogP contribution in [0.5, 0.6) is 0 Å². The minimum absolute atomic E-state index is 0.109. The van der Waals surface area contributed by atoms with E-state index in [1.807, 2.05) is 22.8 Å². The molecule has 2 aliphatic heterocycles. The molecule has 0 spiro atoms. The van der Waals surface area contributed by atoms with E-state index in [0.29, 0.717) is 11.8 Å². The number of piperidine rings is 1. The normalized spacial score (nSPS) is 26.5. The molecule has 3 nitrogen and oxygen atoms in total. The van der Waals surface area contributed by atoms with Gasteiger partial charge >= 0.3 is 0 Å². The van der Waals surface area contributed by atoms with Crippen LogP contribution >= 0.6 is 0 Å². The number of hydrogen-bond donors (Lipinski definition) is 1. The first-order valence-electron chi connectivity index (χ1n) is 7.97. The smallest absolute Gasteiger partial charge is 0.250 e. The van der Waals surface area contributed by atoms with Gasteiger partial charge < -0.3 is 9.47 Å². The Bertz CT molecular complexity index is 755. The first-order chi connectivity index (χ1) is 10.7. The molecule has 0 aliphatic carbocycles. The van der Waals surface area contributed by atoms with Crippen molar-refractivity contribution in [2.45, 2.75) is 25.4 Å². The minimum atomic E-state index is -0.109. The fourth-order valence-electron chi connectivity index (χ4n) is 4.18. The van der Waals surface area contributed by atoms with E-state index in [0.717, 1.165) is 43.9 Å². The predicted octanol–water partition coefficient (Wildman–Crippen LogP) is 1.19. The Morgan fingerprint density at radius 2 is 2.00 bits per heavy atom. The number of hydrogen-bond acceptors (Lipinski definition) is 1. The van der Waals surface area contributed by atoms with Gasteiger partial charge in [0.05, 0.1) is 13.1 Å². The number of rotatable bonds is 2. The standard InChI is InChI=1S/C18H19FN2O/c19-16-5-2-1-4-14(16)11-20-9-13-8-15(12-20)17-6-3-7-18(22)21(17)10-13/h1-7,13,15H,8-12H2/p+1/t13-,15+/m1/s1. The summed E-state index contributed by atoms with van der Waals surface area (Å²) in [6, 6.07) is 12.6. The predicted molar refractivity (Wildman–Crippen MR) is 82.4 cm³/mol. The van der Waals surface area contributed by atoms with Crippen molar-refractivity contribution < 1.29 is 9.29 Å². The molecule has 0 saturated carbocycles. The highest BCUT2D eigenvalue weighted by molar-refractivity contribution is 5.17. The van der Waals surface area contributed by atoms with Crippen LogP contribution in [0.4, 0.5) is 4.39 Å². The van der Waals surface area contributed by atoms with Crippen LogP contribution in [-0.4, -0.2) is 17.7 Å². The number of nitrogens with one attached hydrogen (secondary N) is 1. The van der Waals surface area contributed by atoms with Crippen molar-refractivity contribution in [1.82, 2.24) is 4.57 Å². The lowest BCUT2D eigenvalue weighted by molar-refractivity contribution is -0.924. The topological polar surface area (TPSA) is 26.4 Å². The molecule has 1 aromatic heterocycles. The average molecular weight is 299 g/mol. The summed E-state index contributed by atoms with van der Waals surface area (Å²) >= 11 is 0. The summed E-state index contributed by atoms with van der Waals surface area (Å²) in [6.45, 7) is 3.54. The lowest BCUT2D eigenvalue weighted by Gasteiger charge is -2.40. The van der Waals surface area contributed by atoms with E-state index < -0.39 is 0 Å². The molecule has 2 bridgehead atoms. The molecule has 1 unspecified atom stereocenters. The molecule has 22 heavy (non-hydrogen) atoms. The fraction of sp³-hybridized carbons (Fsp3) is 0.389. The molecule has 0 radical (unpaired) electrons. The highest BCUT2D eigenvalue weighted by Gasteiger charge is 2.37. The van der Waals surface area contributed by atoms with Crippen LogP contribution < -0.4 is 10.5 Å². The quantitative estimate of drug-likeness (QED) is 0.886. The third kappa shape index (κ3) is 2.37. The van der Waals surface area contributed by atoms with Crippen LogP contribution in [0.1, 0.15) is 23.6 Å². The number of benzene rings is 1. The molecule has 1 fully saturated rings. The van der Waals surface area contributed by atoms with E-state index in [1.54, 1.807) is 12.1 Å². The summed E-state index contributed by atoms with van der Waals surface area (Å²) in [6.07, 6.45) is 1.16. The van der Waals surface area contributed by atoms with Gasteiger partial charge in [0.15, 0.2) is 0 Å². The number of halogens is 1. The number of aromatic nitrogens is 1. The van der Waals surface area contributed by atoms with Crippen molar-refractivity contribution in [3.05, 3.63) is 69.9 Å². The van der Waals surface area contributed by atoms with Gasteiger partial charge in [-0.1, -0.05) is 24.3 Å². The largest absolute Gasteiger partial charge is 0.330 e. The van der Waals surface area contributed by atoms with Gasteiger partial charge in [-0.25, -0.2) is 4.39 Å². The number of nitrogens with zero attached hydrogens (tertiary/aromatic N) is 1. The molecule has 4 rings (SSSR count). The lowest BCUT2D eigenvalue weighted by Crippen LogP contribution is -3.13. The van der Waals surface area contributed by atoms with Crippen molar-refractivity contribution in [2.75, 3.05) is 13.1 Å². The molecule has 1 saturated heterocycles. The number of quaternary nitrogens is 1. The molecule has 3 atom stereocenters. The molecule has 3 heterocycles. The molecule has 2 aromatic rings. The van der Waals surface area contributed by atoms with Crippen LogP contribution in [0, 0.1) is 11.7 Å². The van der Waals surface area contributed by atoms with E-state index in [4.69, 9.17) is 0 Å². The van der Waals surface area contributed by atoms with E-state index in [9.17, 15) is 9.18 Å². The Balaban J connectivity index is 1.59. The van der Waals surface area contributed by atoms with Crippen molar-refractivity contribution in [3.8, 4) is 0 Å². The molecular formula is C18H20FN2O+. The molecule has 114 valence electrons. The summed E-state index contributed by atoms with van der Waals surface area (Å²) in [5.41, 5.74) is 2.07. The molecule has 0 amide bonds. The van der Waals surface area contributed by atoms with E-state index in [1.165, 1.54) is 11.0 Å². The first kappa shape index (κ1) is 13.7. The Morgan fingerprint density at radius 3 is 2.86 bits per heavy atom. The second-order valence-corrected chi connectivity index (χ2v) is 6.62. The summed E-state index contributed by atoms with van der Waals surface area (Å²) in [5.74, 6) is 0.832. The van der Waals surface area contributed by atoms with Crippen molar-refractivity contribution in [3.63, 3.8) is 0 Å². The minimum Gasteiger partial charge on any atom is -0.330 e. The van der Waals surface area contributed by atoms with E-state index in [-0.39, 0.29) is 11.4 Å². The Morgan fingerprint density at radius 1 is 1.14 bits per heavy atom. The monoisotopic (exact) mass is 299 g/mol. The van der Waals surface area contributed by atoms with Gasteiger partial charge in [0.25, 0.3) is 5.56 Å². The average Bonchev–Trinajstić information content (AvgIpc) is 2.51. The van der Waals surface area contributed by atoms with Crippen LogP contribution in [-0.2, 0) is 13.1 Å². The number of pyridine rings is 1. The summed E-state index contributed by atoms with van der Waals surface area (Å²) in [5, 5.41) is 0. The fourth-order valence-corrected chi connectivity index (χ4v) is 4.18. The van der Waals surface area contributed by atoms with Gasteiger partial charge in [0, 0.05) is 35.7 Å². The summed E-state index contributed by atoms with van der Waals surface area (Å²) < 4.78 is 15.8. The number of likely N-dealkylation sites (tertiary alicyclic amines) is 1. The second kappa shape index (κ2) is 5.36. The van der Waals surface area contributed by atoms with E-state index >= 15 is 0 Å². The van der Waals surface area contributed by atoms with Gasteiger partial charge in [0.1, 0.15) is 12.4 Å². The van der Waals surface area contributed by atoms with Crippen LogP contribution in [0.2, 0.25) is 0 Å². The molecule has 4 heteroatoms. The first-order valence-corrected chi connectivity index (χ1v) is 7.97. The number of fused-ring (bicyclic) bond motifs is 4. The van der Waals surface area contributed by atoms with Crippen LogP contribution in [0.25, 0.3) is 0 Å². The Kier molecular flexibility index (Phi) is 3.34. The SMILES string of the molecule is O=c1cccc2n1C[C@@H]1C[C@H]2C[NH+](Cc2ccccc2F)C1. The summed E-state index contributed by atoms with van der Waals surface area (Å²) in [7, 11) is 0. The summed E-state index contributed by atoms with van der Waals surface area (Å²) in [4.78, 5) is 13.4. The Labute approximate surface area is 129 Å². The van der Waals surface area contributed by atoms with Crippen LogP contribution in [0.3, 0.4) is 0 Å². The van der Waals surface area contributed by atoms with Crippen molar-refractivity contribution in [1.29, 1.82) is 0 Å². The van der Waals surface area contributed by atoms with Gasteiger partial charge in [-0.15, -0.1) is 0 Å². The van der Waals surface area contributed by atoms with Crippen molar-refractivity contribution >= 4 is 0 Å². The second-order valence-electron chi connectivity index (χ2n) is 6.62. The lowest BCUT2D eigenvalue weighted by atomic mass is 9.83. The third-order valence-corrected chi connectivity index (χ3v) is 5.07. The molecule has 1 N–H and O–H groups in total. The highest BCUT2D eigenvalue weighted by atomic mass is 19.1. The maximum absolute atomic E-state index is 13.9. The van der Waals surface area contributed by atoms with Gasteiger partial charge in [-0.2, -0.15) is 0 Å². The van der Waals surface area contributed by atoms with Gasteiger partial charge in [0.2, 0.25) is 0 Å². The van der Waals surface area contributed by atoms with Crippen molar-refractivity contribution in [2.24, 2.45) is 5.92 Å². The third-order valence-electron chi connectivity index (χ3n) is 5.07.